The van der Waals surface area contributed by atoms with E-state index < -0.39 is 0 Å². The van der Waals surface area contributed by atoms with Crippen molar-refractivity contribution in [2.24, 2.45) is 5.73 Å². The van der Waals surface area contributed by atoms with Crippen LogP contribution < -0.4 is 5.73 Å². The lowest BCUT2D eigenvalue weighted by atomic mass is 9.94. The standard InChI is InChI=1S/C14H14N2O/c1-2-11-12(10-5-4-8-16-9-10)6-3-7-13(11)14(15)17/h3-9H,2H2,1H3,(H2,15,17). The van der Waals surface area contributed by atoms with Gasteiger partial charge < -0.3 is 5.73 Å². The van der Waals surface area contributed by atoms with Crippen LogP contribution in [0.2, 0.25) is 0 Å². The average molecular weight is 226 g/mol. The molecule has 0 unspecified atom stereocenters. The number of nitrogens with zero attached hydrogens (tertiary/aromatic N) is 1. The van der Waals surface area contributed by atoms with Gasteiger partial charge in [-0.1, -0.05) is 25.1 Å². The van der Waals surface area contributed by atoms with Crippen molar-refractivity contribution in [2.45, 2.75) is 13.3 Å². The number of aromatic nitrogens is 1. The van der Waals surface area contributed by atoms with Crippen LogP contribution in [-0.2, 0) is 6.42 Å². The van der Waals surface area contributed by atoms with E-state index in [9.17, 15) is 4.79 Å². The van der Waals surface area contributed by atoms with E-state index in [0.29, 0.717) is 5.56 Å². The second-order valence-corrected chi connectivity index (χ2v) is 3.79. The Morgan fingerprint density at radius 1 is 1.29 bits per heavy atom. The number of pyridine rings is 1. The molecule has 0 aliphatic carbocycles. The van der Waals surface area contributed by atoms with Crippen molar-refractivity contribution >= 4 is 5.91 Å². The van der Waals surface area contributed by atoms with Crippen LogP contribution in [0.4, 0.5) is 0 Å². The Hall–Kier alpha value is -2.16. The Balaban J connectivity index is 2.63. The summed E-state index contributed by atoms with van der Waals surface area (Å²) in [6.45, 7) is 2.02. The average Bonchev–Trinajstić information content (AvgIpc) is 2.38. The first kappa shape index (κ1) is 11.3. The number of carbonyl (C=O) groups is 1. The van der Waals surface area contributed by atoms with Crippen molar-refractivity contribution in [3.05, 3.63) is 53.9 Å². The van der Waals surface area contributed by atoms with Crippen LogP contribution in [0.15, 0.2) is 42.7 Å². The maximum atomic E-state index is 11.4. The number of rotatable bonds is 3. The van der Waals surface area contributed by atoms with Crippen LogP contribution in [0.3, 0.4) is 0 Å². The minimum absolute atomic E-state index is 0.382. The lowest BCUT2D eigenvalue weighted by Crippen LogP contribution is -2.14. The molecule has 1 aromatic carbocycles. The van der Waals surface area contributed by atoms with Crippen LogP contribution in [0.5, 0.6) is 0 Å². The molecule has 0 spiro atoms. The molecule has 86 valence electrons. The van der Waals surface area contributed by atoms with Crippen LogP contribution in [-0.4, -0.2) is 10.9 Å². The second kappa shape index (κ2) is 4.78. The first-order valence-electron chi connectivity index (χ1n) is 5.56. The number of nitrogens with two attached hydrogens (primary N) is 1. The highest BCUT2D eigenvalue weighted by Crippen LogP contribution is 2.25. The fourth-order valence-electron chi connectivity index (χ4n) is 1.99. The third-order valence-electron chi connectivity index (χ3n) is 2.77. The van der Waals surface area contributed by atoms with Crippen LogP contribution in [0, 0.1) is 0 Å². The van der Waals surface area contributed by atoms with Crippen molar-refractivity contribution < 1.29 is 4.79 Å². The van der Waals surface area contributed by atoms with Crippen molar-refractivity contribution in [2.75, 3.05) is 0 Å². The molecule has 0 bridgehead atoms. The van der Waals surface area contributed by atoms with Crippen LogP contribution in [0.25, 0.3) is 11.1 Å². The Labute approximate surface area is 100 Å². The molecule has 1 heterocycles. The fourth-order valence-corrected chi connectivity index (χ4v) is 1.99. The van der Waals surface area contributed by atoms with Gasteiger partial charge in [0.05, 0.1) is 0 Å². The van der Waals surface area contributed by atoms with Gasteiger partial charge in [-0.05, 0) is 29.7 Å². The normalized spacial score (nSPS) is 10.2. The van der Waals surface area contributed by atoms with Crippen molar-refractivity contribution in [1.29, 1.82) is 0 Å². The van der Waals surface area contributed by atoms with E-state index >= 15 is 0 Å². The number of carbonyl (C=O) groups excluding carboxylic acids is 1. The van der Waals surface area contributed by atoms with E-state index in [0.717, 1.165) is 23.1 Å². The van der Waals surface area contributed by atoms with E-state index in [2.05, 4.69) is 4.98 Å². The largest absolute Gasteiger partial charge is 0.366 e. The fraction of sp³-hybridized carbons (Fsp3) is 0.143. The third kappa shape index (κ3) is 2.18. The molecule has 2 rings (SSSR count). The molecule has 1 aromatic heterocycles. The zero-order chi connectivity index (χ0) is 12.3. The molecule has 0 fully saturated rings. The highest BCUT2D eigenvalue weighted by molar-refractivity contribution is 5.96. The molecule has 0 saturated heterocycles. The van der Waals surface area contributed by atoms with Gasteiger partial charge in [0.1, 0.15) is 0 Å². The van der Waals surface area contributed by atoms with Gasteiger partial charge in [0.25, 0.3) is 0 Å². The number of amides is 1. The number of hydrogen-bond acceptors (Lipinski definition) is 2. The van der Waals surface area contributed by atoms with Gasteiger partial charge in [0.2, 0.25) is 5.91 Å². The van der Waals surface area contributed by atoms with Gasteiger partial charge in [-0.3, -0.25) is 9.78 Å². The summed E-state index contributed by atoms with van der Waals surface area (Å²) in [5.41, 5.74) is 8.99. The molecule has 3 nitrogen and oxygen atoms in total. The molecule has 2 aromatic rings. The molecule has 0 atom stereocenters. The monoisotopic (exact) mass is 226 g/mol. The summed E-state index contributed by atoms with van der Waals surface area (Å²) in [6.07, 6.45) is 4.29. The number of hydrogen-bond donors (Lipinski definition) is 1. The number of benzene rings is 1. The molecule has 0 saturated carbocycles. The van der Waals surface area contributed by atoms with Crippen molar-refractivity contribution in [3.63, 3.8) is 0 Å². The number of primary amides is 1. The predicted molar refractivity (Wildman–Crippen MR) is 67.6 cm³/mol. The molecule has 0 aliphatic heterocycles. The quantitative estimate of drug-likeness (QED) is 0.873. The second-order valence-electron chi connectivity index (χ2n) is 3.79. The summed E-state index contributed by atoms with van der Waals surface area (Å²) in [5, 5.41) is 0. The minimum atomic E-state index is -0.382. The van der Waals surface area contributed by atoms with Crippen molar-refractivity contribution in [3.8, 4) is 11.1 Å². The SMILES string of the molecule is CCc1c(C(N)=O)cccc1-c1cccnc1. The molecule has 17 heavy (non-hydrogen) atoms. The Bertz CT molecular complexity index is 535. The van der Waals surface area contributed by atoms with Crippen molar-refractivity contribution in [1.82, 2.24) is 4.98 Å². The third-order valence-corrected chi connectivity index (χ3v) is 2.77. The van der Waals surface area contributed by atoms with Gasteiger partial charge in [0, 0.05) is 23.5 Å². The smallest absolute Gasteiger partial charge is 0.248 e. The van der Waals surface area contributed by atoms with E-state index in [1.165, 1.54) is 0 Å². The predicted octanol–water partition coefficient (Wildman–Crippen LogP) is 2.41. The summed E-state index contributed by atoms with van der Waals surface area (Å²) in [4.78, 5) is 15.5. The lowest BCUT2D eigenvalue weighted by molar-refractivity contribution is 0.0999. The Morgan fingerprint density at radius 3 is 2.71 bits per heavy atom. The van der Waals surface area contributed by atoms with Gasteiger partial charge in [-0.25, -0.2) is 0 Å². The first-order chi connectivity index (χ1) is 8.24. The van der Waals surface area contributed by atoms with Crippen LogP contribution in [0.1, 0.15) is 22.8 Å². The summed E-state index contributed by atoms with van der Waals surface area (Å²) in [6, 6.07) is 9.46. The molecular weight excluding hydrogens is 212 g/mol. The molecular formula is C14H14N2O. The van der Waals surface area contributed by atoms with Gasteiger partial charge in [0.15, 0.2) is 0 Å². The summed E-state index contributed by atoms with van der Waals surface area (Å²) in [5.74, 6) is -0.382. The maximum absolute atomic E-state index is 11.4. The molecule has 0 aliphatic rings. The highest BCUT2D eigenvalue weighted by Gasteiger charge is 2.11. The molecule has 0 radical (unpaired) electrons. The molecule has 3 heteroatoms. The van der Waals surface area contributed by atoms with Gasteiger partial charge >= 0.3 is 0 Å². The van der Waals surface area contributed by atoms with Gasteiger partial charge in [-0.2, -0.15) is 0 Å². The molecule has 1 amide bonds. The van der Waals surface area contributed by atoms with Gasteiger partial charge in [-0.15, -0.1) is 0 Å². The summed E-state index contributed by atoms with van der Waals surface area (Å²) < 4.78 is 0. The highest BCUT2D eigenvalue weighted by atomic mass is 16.1. The van der Waals surface area contributed by atoms with E-state index in [-0.39, 0.29) is 5.91 Å². The minimum Gasteiger partial charge on any atom is -0.366 e. The first-order valence-corrected chi connectivity index (χ1v) is 5.56. The molecule has 2 N–H and O–H groups in total. The maximum Gasteiger partial charge on any atom is 0.248 e. The Kier molecular flexibility index (Phi) is 3.19. The van der Waals surface area contributed by atoms with E-state index in [1.54, 1.807) is 18.5 Å². The van der Waals surface area contributed by atoms with Crippen LogP contribution >= 0.6 is 0 Å². The summed E-state index contributed by atoms with van der Waals surface area (Å²) >= 11 is 0. The zero-order valence-corrected chi connectivity index (χ0v) is 9.68. The topological polar surface area (TPSA) is 56.0 Å². The van der Waals surface area contributed by atoms with E-state index in [1.807, 2.05) is 31.2 Å². The lowest BCUT2D eigenvalue weighted by Gasteiger charge is -2.11. The van der Waals surface area contributed by atoms with E-state index in [4.69, 9.17) is 5.73 Å². The Morgan fingerprint density at radius 2 is 2.12 bits per heavy atom. The summed E-state index contributed by atoms with van der Waals surface area (Å²) in [7, 11) is 0. The zero-order valence-electron chi connectivity index (χ0n) is 9.68.